The van der Waals surface area contributed by atoms with E-state index >= 15 is 0 Å². The molecule has 0 saturated heterocycles. The zero-order valence-corrected chi connectivity index (χ0v) is 10.8. The molecule has 6 nitrogen and oxygen atoms in total. The molecule has 1 aromatic rings. The lowest BCUT2D eigenvalue weighted by molar-refractivity contribution is -0.135. The predicted octanol–water partition coefficient (Wildman–Crippen LogP) is 1.03. The highest BCUT2D eigenvalue weighted by Gasteiger charge is 2.19. The van der Waals surface area contributed by atoms with Crippen LogP contribution in [-0.2, 0) is 4.79 Å². The third kappa shape index (κ3) is 2.73. The van der Waals surface area contributed by atoms with E-state index in [1.807, 2.05) is 0 Å². The lowest BCUT2D eigenvalue weighted by Gasteiger charge is -2.20. The molecule has 2 N–H and O–H groups in total. The van der Waals surface area contributed by atoms with E-state index in [0.29, 0.717) is 34.7 Å². The summed E-state index contributed by atoms with van der Waals surface area (Å²) < 4.78 is 11.4. The third-order valence-corrected chi connectivity index (χ3v) is 2.85. The first kappa shape index (κ1) is 12.7. The maximum atomic E-state index is 11.7. The number of halogens is 1. The normalized spacial score (nSPS) is 12.9. The fourth-order valence-corrected chi connectivity index (χ4v) is 2.06. The van der Waals surface area contributed by atoms with E-state index in [-0.39, 0.29) is 0 Å². The van der Waals surface area contributed by atoms with Gasteiger partial charge in [-0.25, -0.2) is 0 Å². The molecule has 18 heavy (non-hydrogen) atoms. The fraction of sp³-hybridized carbons (Fsp3) is 0.273. The number of nitrogens with one attached hydrogen (secondary N) is 1. The van der Waals surface area contributed by atoms with Crippen LogP contribution < -0.4 is 14.8 Å². The Kier molecular flexibility index (Phi) is 3.71. The molecule has 0 spiro atoms. The number of fused-ring (bicyclic) bond motifs is 1. The van der Waals surface area contributed by atoms with Crippen LogP contribution in [0.15, 0.2) is 16.6 Å². The summed E-state index contributed by atoms with van der Waals surface area (Å²) in [5.41, 5.74) is 0.312. The summed E-state index contributed by atoms with van der Waals surface area (Å²) in [6.45, 7) is 0.445. The Morgan fingerprint density at radius 3 is 2.78 bits per heavy atom. The van der Waals surface area contributed by atoms with Crippen molar-refractivity contribution in [2.45, 2.75) is 0 Å². The molecule has 1 aromatic carbocycles. The van der Waals surface area contributed by atoms with Crippen LogP contribution in [-0.4, -0.2) is 36.7 Å². The SMILES string of the molecule is O=C(O)CNC(=O)c1cc(Br)c2c(c1)OCCO2. The van der Waals surface area contributed by atoms with Gasteiger partial charge in [-0.05, 0) is 28.1 Å². The zero-order valence-electron chi connectivity index (χ0n) is 9.23. The van der Waals surface area contributed by atoms with Crippen LogP contribution in [0.3, 0.4) is 0 Å². The number of aliphatic carboxylic acids is 1. The predicted molar refractivity (Wildman–Crippen MR) is 65.1 cm³/mol. The number of hydrogen-bond acceptors (Lipinski definition) is 4. The number of carbonyl (C=O) groups is 2. The number of ether oxygens (including phenoxy) is 2. The highest BCUT2D eigenvalue weighted by Crippen LogP contribution is 2.38. The molecule has 1 aliphatic rings. The van der Waals surface area contributed by atoms with Crippen molar-refractivity contribution in [1.29, 1.82) is 0 Å². The van der Waals surface area contributed by atoms with E-state index in [1.165, 1.54) is 6.07 Å². The van der Waals surface area contributed by atoms with Gasteiger partial charge in [-0.3, -0.25) is 9.59 Å². The molecule has 0 fully saturated rings. The van der Waals surface area contributed by atoms with Gasteiger partial charge in [0.1, 0.15) is 19.8 Å². The van der Waals surface area contributed by atoms with Gasteiger partial charge in [0, 0.05) is 5.56 Å². The van der Waals surface area contributed by atoms with Crippen LogP contribution >= 0.6 is 15.9 Å². The maximum Gasteiger partial charge on any atom is 0.322 e. The third-order valence-electron chi connectivity index (χ3n) is 2.26. The molecule has 96 valence electrons. The monoisotopic (exact) mass is 315 g/mol. The Hall–Kier alpha value is -1.76. The standard InChI is InChI=1S/C11H10BrNO5/c12-7-3-6(11(16)13-5-9(14)15)4-8-10(7)18-2-1-17-8/h3-4H,1-2,5H2,(H,13,16)(H,14,15). The molecular formula is C11H10BrNO5. The van der Waals surface area contributed by atoms with Gasteiger partial charge >= 0.3 is 5.97 Å². The first-order valence-corrected chi connectivity index (χ1v) is 5.96. The largest absolute Gasteiger partial charge is 0.486 e. The molecule has 0 aliphatic carbocycles. The molecule has 0 aromatic heterocycles. The minimum absolute atomic E-state index is 0.312. The van der Waals surface area contributed by atoms with E-state index in [2.05, 4.69) is 21.2 Å². The van der Waals surface area contributed by atoms with Crippen molar-refractivity contribution in [2.75, 3.05) is 19.8 Å². The molecule has 0 atom stereocenters. The molecule has 0 bridgehead atoms. The minimum Gasteiger partial charge on any atom is -0.486 e. The summed E-state index contributed by atoms with van der Waals surface area (Å²) in [7, 11) is 0. The van der Waals surface area contributed by atoms with E-state index in [4.69, 9.17) is 14.6 Å². The quantitative estimate of drug-likeness (QED) is 0.870. The highest BCUT2D eigenvalue weighted by atomic mass is 79.9. The van der Waals surface area contributed by atoms with Gasteiger partial charge in [0.15, 0.2) is 11.5 Å². The molecule has 2 rings (SSSR count). The molecule has 7 heteroatoms. The average molecular weight is 316 g/mol. The molecule has 0 radical (unpaired) electrons. The van der Waals surface area contributed by atoms with Crippen LogP contribution in [0.4, 0.5) is 0 Å². The summed E-state index contributed by atoms with van der Waals surface area (Å²) >= 11 is 3.28. The molecule has 1 amide bonds. The Morgan fingerprint density at radius 1 is 1.33 bits per heavy atom. The van der Waals surface area contributed by atoms with E-state index < -0.39 is 18.4 Å². The van der Waals surface area contributed by atoms with Gasteiger partial charge in [-0.1, -0.05) is 0 Å². The van der Waals surface area contributed by atoms with Gasteiger partial charge in [-0.15, -0.1) is 0 Å². The molecule has 1 heterocycles. The van der Waals surface area contributed by atoms with Crippen LogP contribution in [0.5, 0.6) is 11.5 Å². The first-order chi connectivity index (χ1) is 8.58. The second kappa shape index (κ2) is 5.26. The number of rotatable bonds is 3. The lowest BCUT2D eigenvalue weighted by Crippen LogP contribution is -2.29. The maximum absolute atomic E-state index is 11.7. The smallest absolute Gasteiger partial charge is 0.322 e. The topological polar surface area (TPSA) is 84.9 Å². The second-order valence-corrected chi connectivity index (χ2v) is 4.41. The summed E-state index contributed by atoms with van der Waals surface area (Å²) in [5.74, 6) is -0.554. The summed E-state index contributed by atoms with van der Waals surface area (Å²) in [6, 6.07) is 3.08. The Labute approximate surface area is 111 Å². The van der Waals surface area contributed by atoms with E-state index in [1.54, 1.807) is 6.07 Å². The fourth-order valence-electron chi connectivity index (χ4n) is 1.50. The molecular weight excluding hydrogens is 306 g/mol. The van der Waals surface area contributed by atoms with Gasteiger partial charge in [0.05, 0.1) is 4.47 Å². The van der Waals surface area contributed by atoms with Gasteiger partial charge in [-0.2, -0.15) is 0 Å². The van der Waals surface area contributed by atoms with Crippen molar-refractivity contribution in [3.63, 3.8) is 0 Å². The average Bonchev–Trinajstić information content (AvgIpc) is 2.36. The van der Waals surface area contributed by atoms with E-state index in [0.717, 1.165) is 0 Å². The van der Waals surface area contributed by atoms with Crippen LogP contribution in [0, 0.1) is 0 Å². The van der Waals surface area contributed by atoms with E-state index in [9.17, 15) is 9.59 Å². The van der Waals surface area contributed by atoms with Crippen molar-refractivity contribution < 1.29 is 24.2 Å². The molecule has 0 unspecified atom stereocenters. The number of benzene rings is 1. The number of carboxylic acid groups (broad SMARTS) is 1. The Morgan fingerprint density at radius 2 is 2.06 bits per heavy atom. The van der Waals surface area contributed by atoms with Crippen molar-refractivity contribution in [3.8, 4) is 11.5 Å². The Bertz CT molecular complexity index is 502. The minimum atomic E-state index is -1.10. The van der Waals surface area contributed by atoms with Crippen LogP contribution in [0.2, 0.25) is 0 Å². The first-order valence-electron chi connectivity index (χ1n) is 5.17. The van der Waals surface area contributed by atoms with Crippen molar-refractivity contribution in [2.24, 2.45) is 0 Å². The van der Waals surface area contributed by atoms with Gasteiger partial charge in [0.2, 0.25) is 0 Å². The number of carboxylic acids is 1. The van der Waals surface area contributed by atoms with Crippen LogP contribution in [0.25, 0.3) is 0 Å². The van der Waals surface area contributed by atoms with Crippen molar-refractivity contribution in [3.05, 3.63) is 22.2 Å². The molecule has 0 saturated carbocycles. The zero-order chi connectivity index (χ0) is 13.1. The number of carbonyl (C=O) groups excluding carboxylic acids is 1. The van der Waals surface area contributed by atoms with Crippen LogP contribution in [0.1, 0.15) is 10.4 Å². The number of amides is 1. The van der Waals surface area contributed by atoms with Gasteiger partial charge in [0.25, 0.3) is 5.91 Å². The van der Waals surface area contributed by atoms with Crippen molar-refractivity contribution in [1.82, 2.24) is 5.32 Å². The summed E-state index contributed by atoms with van der Waals surface area (Å²) in [5, 5.41) is 10.8. The summed E-state index contributed by atoms with van der Waals surface area (Å²) in [6.07, 6.45) is 0. The highest BCUT2D eigenvalue weighted by molar-refractivity contribution is 9.10. The Balaban J connectivity index is 2.21. The summed E-state index contributed by atoms with van der Waals surface area (Å²) in [4.78, 5) is 22.1. The second-order valence-electron chi connectivity index (χ2n) is 3.56. The lowest BCUT2D eigenvalue weighted by atomic mass is 10.2. The van der Waals surface area contributed by atoms with Crippen molar-refractivity contribution >= 4 is 27.8 Å². The van der Waals surface area contributed by atoms with Gasteiger partial charge < -0.3 is 19.9 Å². The molecule has 1 aliphatic heterocycles. The number of hydrogen-bond donors (Lipinski definition) is 2.